The van der Waals surface area contributed by atoms with E-state index in [0.717, 1.165) is 0 Å². The van der Waals surface area contributed by atoms with Crippen LogP contribution in [0.2, 0.25) is 0 Å². The second kappa shape index (κ2) is 8.93. The summed E-state index contributed by atoms with van der Waals surface area (Å²) in [5, 5.41) is 0. The van der Waals surface area contributed by atoms with Gasteiger partial charge in [0.2, 0.25) is 10.0 Å². The molecule has 1 aromatic rings. The normalized spacial score (nSPS) is 12.0. The van der Waals surface area contributed by atoms with Crippen molar-refractivity contribution >= 4 is 15.8 Å². The zero-order valence-corrected chi connectivity index (χ0v) is 13.3. The molecule has 0 saturated carbocycles. The molecule has 1 aromatic heterocycles. The van der Waals surface area contributed by atoms with Crippen molar-refractivity contribution in [2.45, 2.75) is 18.7 Å². The lowest BCUT2D eigenvalue weighted by Gasteiger charge is -2.22. The van der Waals surface area contributed by atoms with Crippen LogP contribution >= 0.6 is 0 Å². The number of rotatable bonds is 10. The Bertz CT molecular complexity index is 512. The van der Waals surface area contributed by atoms with Crippen LogP contribution in [0.3, 0.4) is 0 Å². The van der Waals surface area contributed by atoms with Gasteiger partial charge < -0.3 is 15.2 Å². The molecule has 0 bridgehead atoms. The lowest BCUT2D eigenvalue weighted by Crippen LogP contribution is -2.37. The van der Waals surface area contributed by atoms with Gasteiger partial charge in [-0.3, -0.25) is 0 Å². The lowest BCUT2D eigenvalue weighted by molar-refractivity contribution is 0.110. The molecule has 0 unspecified atom stereocenters. The molecule has 1 rings (SSSR count). The Morgan fingerprint density at radius 2 is 1.76 bits per heavy atom. The van der Waals surface area contributed by atoms with Crippen LogP contribution in [0.5, 0.6) is 0 Å². The van der Waals surface area contributed by atoms with Crippen LogP contribution in [0.15, 0.2) is 23.2 Å². The molecular weight excluding hydrogens is 294 g/mol. The summed E-state index contributed by atoms with van der Waals surface area (Å²) in [7, 11) is -3.71. The van der Waals surface area contributed by atoms with Gasteiger partial charge in [0.05, 0.1) is 13.2 Å². The Kier molecular flexibility index (Phi) is 7.58. The highest BCUT2D eigenvalue weighted by Gasteiger charge is 2.26. The fourth-order valence-electron chi connectivity index (χ4n) is 1.73. The number of sulfonamides is 1. The second-order valence-electron chi connectivity index (χ2n) is 4.18. The van der Waals surface area contributed by atoms with Gasteiger partial charge in [0.15, 0.2) is 0 Å². The minimum atomic E-state index is -3.71. The Balaban J connectivity index is 2.90. The third-order valence-corrected chi connectivity index (χ3v) is 4.74. The molecule has 0 amide bonds. The molecule has 0 spiro atoms. The maximum absolute atomic E-state index is 12.6. The molecule has 0 fully saturated rings. The summed E-state index contributed by atoms with van der Waals surface area (Å²) in [5.41, 5.74) is 5.67. The van der Waals surface area contributed by atoms with Gasteiger partial charge in [-0.05, 0) is 26.0 Å². The Hall–Kier alpha value is -1.22. The van der Waals surface area contributed by atoms with E-state index in [-0.39, 0.29) is 23.8 Å². The van der Waals surface area contributed by atoms with Crippen molar-refractivity contribution in [3.05, 3.63) is 18.3 Å². The van der Waals surface area contributed by atoms with E-state index in [1.165, 1.54) is 16.6 Å². The number of nitrogens with zero attached hydrogens (tertiary/aromatic N) is 2. The number of aromatic nitrogens is 1. The first kappa shape index (κ1) is 17.8. The van der Waals surface area contributed by atoms with E-state index < -0.39 is 10.0 Å². The van der Waals surface area contributed by atoms with E-state index in [9.17, 15) is 8.42 Å². The Morgan fingerprint density at radius 1 is 1.19 bits per heavy atom. The van der Waals surface area contributed by atoms with E-state index in [2.05, 4.69) is 4.98 Å². The first-order valence-corrected chi connectivity index (χ1v) is 8.34. The number of anilines is 1. The molecule has 0 saturated heterocycles. The molecule has 0 atom stereocenters. The van der Waals surface area contributed by atoms with Gasteiger partial charge in [0, 0.05) is 32.5 Å². The molecule has 0 aromatic carbocycles. The quantitative estimate of drug-likeness (QED) is 0.639. The summed E-state index contributed by atoms with van der Waals surface area (Å²) in [6.45, 7) is 5.93. The first-order chi connectivity index (χ1) is 10.0. The van der Waals surface area contributed by atoms with Crippen LogP contribution in [0.25, 0.3) is 0 Å². The molecule has 2 N–H and O–H groups in total. The summed E-state index contributed by atoms with van der Waals surface area (Å²) in [5.74, 6) is -0.00433. The highest BCUT2D eigenvalue weighted by Crippen LogP contribution is 2.19. The maximum Gasteiger partial charge on any atom is 0.246 e. The molecule has 0 aliphatic heterocycles. The highest BCUT2D eigenvalue weighted by atomic mass is 32.2. The third kappa shape index (κ3) is 5.24. The van der Waals surface area contributed by atoms with E-state index in [4.69, 9.17) is 15.2 Å². The second-order valence-corrected chi connectivity index (χ2v) is 6.09. The molecule has 21 heavy (non-hydrogen) atoms. The molecule has 8 heteroatoms. The smallest absolute Gasteiger partial charge is 0.246 e. The highest BCUT2D eigenvalue weighted by molar-refractivity contribution is 7.89. The van der Waals surface area contributed by atoms with Crippen molar-refractivity contribution in [1.29, 1.82) is 0 Å². The lowest BCUT2D eigenvalue weighted by atomic mass is 10.5. The maximum atomic E-state index is 12.6. The molecule has 1 heterocycles. The van der Waals surface area contributed by atoms with Crippen LogP contribution in [0.4, 0.5) is 5.82 Å². The van der Waals surface area contributed by atoms with Gasteiger partial charge in [0.1, 0.15) is 10.7 Å². The third-order valence-electron chi connectivity index (χ3n) is 2.80. The molecular formula is C13H23N3O4S. The van der Waals surface area contributed by atoms with Gasteiger partial charge in [-0.25, -0.2) is 13.4 Å². The fourth-order valence-corrected chi connectivity index (χ4v) is 3.21. The summed E-state index contributed by atoms with van der Waals surface area (Å²) >= 11 is 0. The summed E-state index contributed by atoms with van der Waals surface area (Å²) < 4.78 is 37.1. The van der Waals surface area contributed by atoms with E-state index in [0.29, 0.717) is 26.4 Å². The summed E-state index contributed by atoms with van der Waals surface area (Å²) in [4.78, 5) is 3.84. The van der Waals surface area contributed by atoms with Crippen molar-refractivity contribution in [3.63, 3.8) is 0 Å². The molecule has 0 radical (unpaired) electrons. The topological polar surface area (TPSA) is 94.8 Å². The zero-order valence-electron chi connectivity index (χ0n) is 12.5. The number of ether oxygens (including phenoxy) is 2. The average Bonchev–Trinajstić information content (AvgIpc) is 2.46. The fraction of sp³-hybridized carbons (Fsp3) is 0.615. The number of nitrogens with two attached hydrogens (primary N) is 1. The number of pyridine rings is 1. The Labute approximate surface area is 126 Å². The minimum absolute atomic E-state index is 0.00433. The number of hydrogen-bond donors (Lipinski definition) is 1. The molecule has 120 valence electrons. The van der Waals surface area contributed by atoms with E-state index >= 15 is 0 Å². The van der Waals surface area contributed by atoms with Crippen molar-refractivity contribution in [1.82, 2.24) is 9.29 Å². The van der Waals surface area contributed by atoms with E-state index in [1.807, 2.05) is 13.8 Å². The van der Waals surface area contributed by atoms with E-state index in [1.54, 1.807) is 6.07 Å². The Morgan fingerprint density at radius 3 is 2.24 bits per heavy atom. The molecule has 0 aliphatic rings. The largest absolute Gasteiger partial charge is 0.383 e. The van der Waals surface area contributed by atoms with Crippen LogP contribution in [0.1, 0.15) is 13.8 Å². The average molecular weight is 317 g/mol. The van der Waals surface area contributed by atoms with Crippen molar-refractivity contribution < 1.29 is 17.9 Å². The van der Waals surface area contributed by atoms with Gasteiger partial charge in [-0.15, -0.1) is 0 Å². The van der Waals surface area contributed by atoms with Crippen LogP contribution < -0.4 is 5.73 Å². The van der Waals surface area contributed by atoms with Gasteiger partial charge in [-0.1, -0.05) is 0 Å². The first-order valence-electron chi connectivity index (χ1n) is 6.90. The van der Waals surface area contributed by atoms with Crippen LogP contribution in [0, 0.1) is 0 Å². The standard InChI is InChI=1S/C13H23N3O4S/c1-3-19-10-8-16(9-11-20-4-2)21(17,18)12-6-5-7-15-13(12)14/h5-7H,3-4,8-11H2,1-2H3,(H2,14,15). The zero-order chi connectivity index (χ0) is 15.7. The van der Waals surface area contributed by atoms with Crippen LogP contribution in [-0.4, -0.2) is 57.2 Å². The van der Waals surface area contributed by atoms with Crippen molar-refractivity contribution in [3.8, 4) is 0 Å². The summed E-state index contributed by atoms with van der Waals surface area (Å²) in [6, 6.07) is 3.00. The van der Waals surface area contributed by atoms with Gasteiger partial charge in [-0.2, -0.15) is 4.31 Å². The van der Waals surface area contributed by atoms with Crippen LogP contribution in [-0.2, 0) is 19.5 Å². The minimum Gasteiger partial charge on any atom is -0.383 e. The molecule has 0 aliphatic carbocycles. The monoisotopic (exact) mass is 317 g/mol. The van der Waals surface area contributed by atoms with Gasteiger partial charge >= 0.3 is 0 Å². The van der Waals surface area contributed by atoms with Crippen molar-refractivity contribution in [2.24, 2.45) is 0 Å². The van der Waals surface area contributed by atoms with Gasteiger partial charge in [0.25, 0.3) is 0 Å². The summed E-state index contributed by atoms with van der Waals surface area (Å²) in [6.07, 6.45) is 1.46. The van der Waals surface area contributed by atoms with Crippen molar-refractivity contribution in [2.75, 3.05) is 45.3 Å². The number of nitrogen functional groups attached to an aromatic ring is 1. The predicted octanol–water partition coefficient (Wildman–Crippen LogP) is 0.728. The number of hydrogen-bond acceptors (Lipinski definition) is 6. The molecule has 7 nitrogen and oxygen atoms in total. The predicted molar refractivity (Wildman–Crippen MR) is 80.4 cm³/mol. The SMILES string of the molecule is CCOCCN(CCOCC)S(=O)(=O)c1cccnc1N.